The van der Waals surface area contributed by atoms with Gasteiger partial charge in [0.25, 0.3) is 0 Å². The van der Waals surface area contributed by atoms with E-state index in [9.17, 15) is 0 Å². The first-order valence-electron chi connectivity index (χ1n) is 7.85. The summed E-state index contributed by atoms with van der Waals surface area (Å²) in [5.74, 6) is 1.63. The van der Waals surface area contributed by atoms with E-state index in [0.29, 0.717) is 11.9 Å². The Kier molecular flexibility index (Phi) is 5.04. The molecule has 1 aliphatic heterocycles. The molecule has 0 spiro atoms. The highest BCUT2D eigenvalue weighted by Gasteiger charge is 2.27. The van der Waals surface area contributed by atoms with Crippen molar-refractivity contribution in [3.8, 4) is 5.88 Å². The fourth-order valence-electron chi connectivity index (χ4n) is 2.57. The summed E-state index contributed by atoms with van der Waals surface area (Å²) in [6, 6.07) is 2.45. The summed E-state index contributed by atoms with van der Waals surface area (Å²) in [6.07, 6.45) is 4.14. The lowest BCUT2D eigenvalue weighted by atomic mass is 10.1. The maximum Gasteiger partial charge on any atom is 0.218 e. The molecule has 1 fully saturated rings. The zero-order valence-corrected chi connectivity index (χ0v) is 13.9. The number of hydrogen-bond acceptors (Lipinski definition) is 5. The average molecular weight is 292 g/mol. The van der Waals surface area contributed by atoms with E-state index in [0.717, 1.165) is 18.9 Å². The summed E-state index contributed by atoms with van der Waals surface area (Å²) in [5, 5.41) is 3.59. The van der Waals surface area contributed by atoms with Crippen LogP contribution in [0.15, 0.2) is 12.4 Å². The van der Waals surface area contributed by atoms with Gasteiger partial charge in [0.15, 0.2) is 0 Å². The van der Waals surface area contributed by atoms with Gasteiger partial charge < -0.3 is 15.0 Å². The third-order valence-electron chi connectivity index (χ3n) is 3.52. The second-order valence-electron chi connectivity index (χ2n) is 7.00. The van der Waals surface area contributed by atoms with Gasteiger partial charge in [-0.3, -0.25) is 0 Å². The van der Waals surface area contributed by atoms with Crippen LogP contribution in [0, 0.1) is 0 Å². The van der Waals surface area contributed by atoms with Crippen molar-refractivity contribution in [3.63, 3.8) is 0 Å². The first-order valence-corrected chi connectivity index (χ1v) is 7.85. The molecule has 1 aromatic heterocycles. The number of aromatic nitrogens is 2. The predicted octanol–water partition coefficient (Wildman–Crippen LogP) is 2.62. The molecule has 5 heteroatoms. The lowest BCUT2D eigenvalue weighted by Crippen LogP contribution is -2.45. The van der Waals surface area contributed by atoms with E-state index >= 15 is 0 Å². The summed E-state index contributed by atoms with van der Waals surface area (Å²) in [6.45, 7) is 12.6. The fourth-order valence-corrected chi connectivity index (χ4v) is 2.57. The first kappa shape index (κ1) is 16.0. The van der Waals surface area contributed by atoms with Gasteiger partial charge in [-0.2, -0.15) is 0 Å². The van der Waals surface area contributed by atoms with E-state index in [1.54, 1.807) is 6.33 Å². The molecular formula is C16H28N4O. The minimum absolute atomic E-state index is 0.129. The molecule has 21 heavy (non-hydrogen) atoms. The molecule has 2 heterocycles. The van der Waals surface area contributed by atoms with Crippen LogP contribution >= 0.6 is 0 Å². The van der Waals surface area contributed by atoms with Crippen molar-refractivity contribution < 1.29 is 4.74 Å². The predicted molar refractivity (Wildman–Crippen MR) is 85.9 cm³/mol. The molecule has 0 aromatic carbocycles. The number of nitrogens with one attached hydrogen (secondary N) is 1. The number of rotatable bonds is 5. The molecule has 1 unspecified atom stereocenters. The molecule has 1 N–H and O–H groups in total. The lowest BCUT2D eigenvalue weighted by molar-refractivity contribution is 0.232. The summed E-state index contributed by atoms with van der Waals surface area (Å²) in [4.78, 5) is 11.0. The van der Waals surface area contributed by atoms with Crippen LogP contribution in [-0.4, -0.2) is 40.7 Å². The summed E-state index contributed by atoms with van der Waals surface area (Å²) in [5.41, 5.74) is 0.145. The van der Waals surface area contributed by atoms with Crippen LogP contribution in [0.25, 0.3) is 0 Å². The Balaban J connectivity index is 2.05. The Hall–Kier alpha value is -1.36. The Morgan fingerprint density at radius 1 is 1.38 bits per heavy atom. The molecule has 1 saturated heterocycles. The average Bonchev–Trinajstić information content (AvgIpc) is 2.83. The van der Waals surface area contributed by atoms with Gasteiger partial charge in [-0.15, -0.1) is 0 Å². The van der Waals surface area contributed by atoms with Crippen LogP contribution in [0.1, 0.15) is 47.5 Å². The molecule has 5 nitrogen and oxygen atoms in total. The van der Waals surface area contributed by atoms with E-state index in [1.165, 1.54) is 12.8 Å². The van der Waals surface area contributed by atoms with Crippen LogP contribution in [0.3, 0.4) is 0 Å². The molecule has 1 aliphatic rings. The van der Waals surface area contributed by atoms with Gasteiger partial charge in [-0.05, 0) is 47.5 Å². The van der Waals surface area contributed by atoms with Gasteiger partial charge in [0, 0.05) is 30.7 Å². The van der Waals surface area contributed by atoms with Crippen molar-refractivity contribution in [1.29, 1.82) is 0 Å². The quantitative estimate of drug-likeness (QED) is 0.904. The van der Waals surface area contributed by atoms with Gasteiger partial charge in [-0.1, -0.05) is 0 Å². The summed E-state index contributed by atoms with van der Waals surface area (Å²) in [7, 11) is 0. The third kappa shape index (κ3) is 4.84. The minimum atomic E-state index is 0.129. The Bertz CT molecular complexity index is 456. The number of anilines is 1. The van der Waals surface area contributed by atoms with Crippen molar-refractivity contribution in [3.05, 3.63) is 12.4 Å². The maximum atomic E-state index is 5.67. The first-order chi connectivity index (χ1) is 9.85. The molecule has 1 aromatic rings. The van der Waals surface area contributed by atoms with Crippen molar-refractivity contribution in [2.45, 2.75) is 65.1 Å². The minimum Gasteiger partial charge on any atom is -0.475 e. The molecule has 2 rings (SSSR count). The largest absolute Gasteiger partial charge is 0.475 e. The van der Waals surface area contributed by atoms with Gasteiger partial charge in [0.2, 0.25) is 5.88 Å². The summed E-state index contributed by atoms with van der Waals surface area (Å²) < 4.78 is 5.67. The van der Waals surface area contributed by atoms with E-state index in [4.69, 9.17) is 4.74 Å². The van der Waals surface area contributed by atoms with Gasteiger partial charge in [-0.25, -0.2) is 9.97 Å². The van der Waals surface area contributed by atoms with Crippen molar-refractivity contribution in [1.82, 2.24) is 15.3 Å². The fraction of sp³-hybridized carbons (Fsp3) is 0.750. The Morgan fingerprint density at radius 3 is 2.81 bits per heavy atom. The molecule has 1 atom stereocenters. The Morgan fingerprint density at radius 2 is 2.14 bits per heavy atom. The van der Waals surface area contributed by atoms with Crippen LogP contribution in [0.2, 0.25) is 0 Å². The van der Waals surface area contributed by atoms with Crippen molar-refractivity contribution in [2.24, 2.45) is 0 Å². The Labute approximate surface area is 128 Å². The molecule has 0 radical (unpaired) electrons. The SMILES string of the molecule is CC(C)Oc1cc(N2CCCC2CNC(C)(C)C)ncn1. The molecular weight excluding hydrogens is 264 g/mol. The molecule has 0 saturated carbocycles. The highest BCUT2D eigenvalue weighted by molar-refractivity contribution is 5.43. The molecule has 0 bridgehead atoms. The summed E-state index contributed by atoms with van der Waals surface area (Å²) >= 11 is 0. The van der Waals surface area contributed by atoms with E-state index in [1.807, 2.05) is 19.9 Å². The van der Waals surface area contributed by atoms with Crippen molar-refractivity contribution in [2.75, 3.05) is 18.0 Å². The topological polar surface area (TPSA) is 50.3 Å². The monoisotopic (exact) mass is 292 g/mol. The van der Waals surface area contributed by atoms with E-state index in [-0.39, 0.29) is 11.6 Å². The molecule has 0 aliphatic carbocycles. The normalized spacial score (nSPS) is 19.3. The van der Waals surface area contributed by atoms with Crippen molar-refractivity contribution >= 4 is 5.82 Å². The highest BCUT2D eigenvalue weighted by Crippen LogP contribution is 2.25. The molecule has 0 amide bonds. The smallest absolute Gasteiger partial charge is 0.218 e. The van der Waals surface area contributed by atoms with Crippen LogP contribution < -0.4 is 15.0 Å². The van der Waals surface area contributed by atoms with E-state index in [2.05, 4.69) is 41.0 Å². The number of nitrogens with zero attached hydrogens (tertiary/aromatic N) is 3. The zero-order valence-electron chi connectivity index (χ0n) is 13.9. The van der Waals surface area contributed by atoms with Gasteiger partial charge in [0.1, 0.15) is 12.1 Å². The standard InChI is InChI=1S/C16H28N4O/c1-12(2)21-15-9-14(17-11-18-15)20-8-6-7-13(20)10-19-16(3,4)5/h9,11-13,19H,6-8,10H2,1-5H3. The second kappa shape index (κ2) is 6.60. The molecule has 118 valence electrons. The maximum absolute atomic E-state index is 5.67. The second-order valence-corrected chi connectivity index (χ2v) is 7.00. The highest BCUT2D eigenvalue weighted by atomic mass is 16.5. The number of hydrogen-bond donors (Lipinski definition) is 1. The lowest BCUT2D eigenvalue weighted by Gasteiger charge is -2.29. The van der Waals surface area contributed by atoms with Crippen LogP contribution in [-0.2, 0) is 0 Å². The van der Waals surface area contributed by atoms with Gasteiger partial charge in [0.05, 0.1) is 6.10 Å². The zero-order chi connectivity index (χ0) is 15.5. The number of ether oxygens (including phenoxy) is 1. The van der Waals surface area contributed by atoms with Crippen LogP contribution in [0.5, 0.6) is 5.88 Å². The third-order valence-corrected chi connectivity index (χ3v) is 3.52. The van der Waals surface area contributed by atoms with Crippen LogP contribution in [0.4, 0.5) is 5.82 Å². The van der Waals surface area contributed by atoms with Gasteiger partial charge >= 0.3 is 0 Å². The van der Waals surface area contributed by atoms with E-state index < -0.39 is 0 Å².